The molecule has 1 heteroatoms. The summed E-state index contributed by atoms with van der Waals surface area (Å²) in [6.45, 7) is 0. The van der Waals surface area contributed by atoms with Crippen LogP contribution in [0, 0.1) is 23.7 Å². The second-order valence-electron chi connectivity index (χ2n) is 5.00. The standard InChI is InChI=1S/C11H18O/c12-10-6-2-5-9-7-3-1-4-8(7)11(9)10/h7-12H,1-6H2. The van der Waals surface area contributed by atoms with Crippen LogP contribution in [0.1, 0.15) is 38.5 Å². The SMILES string of the molecule is OC1CCCC2C3CCCC3C12. The first-order chi connectivity index (χ1) is 5.88. The van der Waals surface area contributed by atoms with Gasteiger partial charge in [0.2, 0.25) is 0 Å². The lowest BCUT2D eigenvalue weighted by Crippen LogP contribution is -2.51. The topological polar surface area (TPSA) is 20.2 Å². The second-order valence-corrected chi connectivity index (χ2v) is 5.00. The second kappa shape index (κ2) is 2.47. The average Bonchev–Trinajstić information content (AvgIpc) is 2.43. The minimum atomic E-state index is 0.0723. The predicted octanol–water partition coefficient (Wildman–Crippen LogP) is 2.19. The molecule has 0 bridgehead atoms. The molecular formula is C11H18O. The van der Waals surface area contributed by atoms with Gasteiger partial charge in [0.25, 0.3) is 0 Å². The van der Waals surface area contributed by atoms with Crippen LogP contribution in [0.25, 0.3) is 0 Å². The summed E-state index contributed by atoms with van der Waals surface area (Å²) in [5.41, 5.74) is 0. The Kier molecular flexibility index (Phi) is 1.52. The quantitative estimate of drug-likeness (QED) is 0.585. The highest BCUT2D eigenvalue weighted by Gasteiger charge is 2.55. The van der Waals surface area contributed by atoms with Crippen LogP contribution < -0.4 is 0 Å². The molecule has 3 aliphatic carbocycles. The van der Waals surface area contributed by atoms with Crippen molar-refractivity contribution in [2.24, 2.45) is 23.7 Å². The van der Waals surface area contributed by atoms with Crippen LogP contribution >= 0.6 is 0 Å². The molecule has 12 heavy (non-hydrogen) atoms. The van der Waals surface area contributed by atoms with Gasteiger partial charge in [0.1, 0.15) is 0 Å². The zero-order chi connectivity index (χ0) is 8.13. The Labute approximate surface area is 74.2 Å². The smallest absolute Gasteiger partial charge is 0.0573 e. The van der Waals surface area contributed by atoms with E-state index in [0.717, 1.165) is 30.1 Å². The highest BCUT2D eigenvalue weighted by atomic mass is 16.3. The minimum absolute atomic E-state index is 0.0723. The number of aliphatic hydroxyl groups excluding tert-OH is 1. The molecule has 0 aromatic carbocycles. The molecular weight excluding hydrogens is 148 g/mol. The molecule has 68 valence electrons. The van der Waals surface area contributed by atoms with E-state index in [-0.39, 0.29) is 6.10 Å². The van der Waals surface area contributed by atoms with Crippen LogP contribution in [0.15, 0.2) is 0 Å². The van der Waals surface area contributed by atoms with Gasteiger partial charge >= 0.3 is 0 Å². The number of hydrogen-bond acceptors (Lipinski definition) is 1. The monoisotopic (exact) mass is 166 g/mol. The largest absolute Gasteiger partial charge is 0.393 e. The normalized spacial score (nSPS) is 57.2. The first-order valence-corrected chi connectivity index (χ1v) is 5.56. The van der Waals surface area contributed by atoms with Crippen LogP contribution in [-0.4, -0.2) is 11.2 Å². The Balaban J connectivity index is 1.80. The highest BCUT2D eigenvalue weighted by Crippen LogP contribution is 2.60. The summed E-state index contributed by atoms with van der Waals surface area (Å²) in [5, 5.41) is 9.85. The molecule has 5 unspecified atom stereocenters. The van der Waals surface area contributed by atoms with Crippen molar-refractivity contribution >= 4 is 0 Å². The van der Waals surface area contributed by atoms with E-state index < -0.39 is 0 Å². The van der Waals surface area contributed by atoms with Crippen molar-refractivity contribution in [3.05, 3.63) is 0 Å². The lowest BCUT2D eigenvalue weighted by atomic mass is 9.52. The van der Waals surface area contributed by atoms with E-state index in [0.29, 0.717) is 0 Å². The lowest BCUT2D eigenvalue weighted by Gasteiger charge is -2.54. The fraction of sp³-hybridized carbons (Fsp3) is 1.00. The van der Waals surface area contributed by atoms with Crippen molar-refractivity contribution < 1.29 is 5.11 Å². The third kappa shape index (κ3) is 0.783. The molecule has 3 aliphatic rings. The molecule has 0 saturated heterocycles. The van der Waals surface area contributed by atoms with Crippen molar-refractivity contribution in [1.29, 1.82) is 0 Å². The molecule has 1 nitrogen and oxygen atoms in total. The van der Waals surface area contributed by atoms with Crippen LogP contribution in [0.5, 0.6) is 0 Å². The number of fused-ring (bicyclic) bond motifs is 4. The van der Waals surface area contributed by atoms with E-state index in [2.05, 4.69) is 0 Å². The molecule has 0 spiro atoms. The Morgan fingerprint density at radius 2 is 1.33 bits per heavy atom. The zero-order valence-electron chi connectivity index (χ0n) is 7.58. The van der Waals surface area contributed by atoms with Gasteiger partial charge in [-0.1, -0.05) is 12.8 Å². The molecule has 0 aromatic heterocycles. The number of hydrogen-bond donors (Lipinski definition) is 1. The third-order valence-electron chi connectivity index (χ3n) is 4.65. The fourth-order valence-electron chi connectivity index (χ4n) is 4.22. The molecule has 3 fully saturated rings. The Hall–Kier alpha value is -0.0400. The van der Waals surface area contributed by atoms with Gasteiger partial charge < -0.3 is 5.11 Å². The Morgan fingerprint density at radius 1 is 0.750 bits per heavy atom. The zero-order valence-corrected chi connectivity index (χ0v) is 7.58. The van der Waals surface area contributed by atoms with E-state index in [1.165, 1.54) is 32.1 Å². The van der Waals surface area contributed by atoms with Gasteiger partial charge in [0, 0.05) is 0 Å². The molecule has 0 amide bonds. The molecule has 0 radical (unpaired) electrons. The van der Waals surface area contributed by atoms with Gasteiger partial charge in [-0.3, -0.25) is 0 Å². The van der Waals surface area contributed by atoms with Gasteiger partial charge in [-0.2, -0.15) is 0 Å². The molecule has 0 aliphatic heterocycles. The van der Waals surface area contributed by atoms with E-state index in [9.17, 15) is 5.11 Å². The highest BCUT2D eigenvalue weighted by molar-refractivity contribution is 5.04. The van der Waals surface area contributed by atoms with Gasteiger partial charge in [-0.25, -0.2) is 0 Å². The summed E-state index contributed by atoms with van der Waals surface area (Å²) >= 11 is 0. The van der Waals surface area contributed by atoms with Crippen LogP contribution in [-0.2, 0) is 0 Å². The first-order valence-electron chi connectivity index (χ1n) is 5.56. The van der Waals surface area contributed by atoms with Crippen LogP contribution in [0.3, 0.4) is 0 Å². The predicted molar refractivity (Wildman–Crippen MR) is 47.7 cm³/mol. The minimum Gasteiger partial charge on any atom is -0.393 e. The first kappa shape index (κ1) is 7.37. The maximum atomic E-state index is 9.85. The summed E-state index contributed by atoms with van der Waals surface area (Å²) in [5.74, 6) is 3.63. The number of aliphatic hydroxyl groups is 1. The molecule has 0 heterocycles. The van der Waals surface area contributed by atoms with E-state index in [1.807, 2.05) is 0 Å². The molecule has 3 rings (SSSR count). The lowest BCUT2D eigenvalue weighted by molar-refractivity contribution is -0.110. The maximum Gasteiger partial charge on any atom is 0.0573 e. The van der Waals surface area contributed by atoms with Gasteiger partial charge in [0.05, 0.1) is 6.10 Å². The Morgan fingerprint density at radius 3 is 2.08 bits per heavy atom. The van der Waals surface area contributed by atoms with Crippen molar-refractivity contribution in [2.75, 3.05) is 0 Å². The molecule has 5 atom stereocenters. The summed E-state index contributed by atoms with van der Waals surface area (Å²) in [6.07, 6.45) is 8.19. The van der Waals surface area contributed by atoms with E-state index >= 15 is 0 Å². The number of rotatable bonds is 0. The summed E-state index contributed by atoms with van der Waals surface area (Å²) < 4.78 is 0. The van der Waals surface area contributed by atoms with E-state index in [1.54, 1.807) is 0 Å². The summed E-state index contributed by atoms with van der Waals surface area (Å²) in [6, 6.07) is 0. The van der Waals surface area contributed by atoms with Crippen molar-refractivity contribution in [1.82, 2.24) is 0 Å². The average molecular weight is 166 g/mol. The summed E-state index contributed by atoms with van der Waals surface area (Å²) in [7, 11) is 0. The van der Waals surface area contributed by atoms with Crippen LogP contribution in [0.2, 0.25) is 0 Å². The van der Waals surface area contributed by atoms with Crippen LogP contribution in [0.4, 0.5) is 0 Å². The van der Waals surface area contributed by atoms with Crippen molar-refractivity contribution in [2.45, 2.75) is 44.6 Å². The van der Waals surface area contributed by atoms with Crippen molar-refractivity contribution in [3.8, 4) is 0 Å². The summed E-state index contributed by atoms with van der Waals surface area (Å²) in [4.78, 5) is 0. The van der Waals surface area contributed by atoms with E-state index in [4.69, 9.17) is 0 Å². The van der Waals surface area contributed by atoms with Gasteiger partial charge in [0.15, 0.2) is 0 Å². The molecule has 0 aromatic rings. The van der Waals surface area contributed by atoms with Crippen molar-refractivity contribution in [3.63, 3.8) is 0 Å². The third-order valence-corrected chi connectivity index (χ3v) is 4.65. The molecule has 1 N–H and O–H groups in total. The maximum absolute atomic E-state index is 9.85. The van der Waals surface area contributed by atoms with Gasteiger partial charge in [-0.05, 0) is 49.4 Å². The Bertz CT molecular complexity index is 189. The fourth-order valence-corrected chi connectivity index (χ4v) is 4.22. The van der Waals surface area contributed by atoms with Gasteiger partial charge in [-0.15, -0.1) is 0 Å². The molecule has 3 saturated carbocycles.